The Morgan fingerprint density at radius 2 is 2.05 bits per heavy atom. The van der Waals surface area contributed by atoms with Crippen molar-refractivity contribution in [1.82, 2.24) is 5.43 Å². The van der Waals surface area contributed by atoms with Crippen LogP contribution in [0.3, 0.4) is 0 Å². The summed E-state index contributed by atoms with van der Waals surface area (Å²) < 4.78 is 10.7. The van der Waals surface area contributed by atoms with Crippen LogP contribution in [-0.4, -0.2) is 31.4 Å². The van der Waals surface area contributed by atoms with Crippen LogP contribution in [0.2, 0.25) is 0 Å². The Balaban J connectivity index is 3.33. The fraction of sp³-hybridized carbons (Fsp3) is 0.417. The molecule has 0 aromatic heterocycles. The zero-order chi connectivity index (χ0) is 14.3. The van der Waals surface area contributed by atoms with Crippen molar-refractivity contribution in [3.05, 3.63) is 27.8 Å². The number of nitrogens with zero attached hydrogens (tertiary/aromatic N) is 2. The lowest BCUT2D eigenvalue weighted by Gasteiger charge is -2.11. The normalized spacial score (nSPS) is 10.5. The van der Waals surface area contributed by atoms with Gasteiger partial charge in [0.2, 0.25) is 5.75 Å². The third kappa shape index (κ3) is 3.84. The molecule has 0 unspecified atom stereocenters. The molecular weight excluding hydrogens is 250 g/mol. The van der Waals surface area contributed by atoms with Gasteiger partial charge < -0.3 is 14.9 Å². The van der Waals surface area contributed by atoms with E-state index in [-0.39, 0.29) is 11.4 Å². The van der Waals surface area contributed by atoms with Crippen molar-refractivity contribution in [1.29, 1.82) is 0 Å². The molecule has 0 heterocycles. The van der Waals surface area contributed by atoms with Gasteiger partial charge >= 0.3 is 5.69 Å². The summed E-state index contributed by atoms with van der Waals surface area (Å²) in [5, 5.41) is 14.9. The van der Waals surface area contributed by atoms with Crippen LogP contribution < -0.4 is 14.9 Å². The van der Waals surface area contributed by atoms with Crippen molar-refractivity contribution in [3.63, 3.8) is 0 Å². The second-order valence-electron chi connectivity index (χ2n) is 3.47. The molecule has 0 amide bonds. The predicted molar refractivity (Wildman–Crippen MR) is 72.1 cm³/mol. The number of nitro benzene ring substituents is 1. The first kappa shape index (κ1) is 14.7. The van der Waals surface area contributed by atoms with E-state index in [2.05, 4.69) is 10.5 Å². The van der Waals surface area contributed by atoms with Gasteiger partial charge in [0.1, 0.15) is 0 Å². The van der Waals surface area contributed by atoms with Crippen LogP contribution in [0.4, 0.5) is 5.69 Å². The summed E-state index contributed by atoms with van der Waals surface area (Å²) in [6.45, 7) is 4.28. The Hall–Kier alpha value is -2.31. The van der Waals surface area contributed by atoms with Gasteiger partial charge in [-0.3, -0.25) is 10.1 Å². The zero-order valence-electron chi connectivity index (χ0n) is 11.2. The smallest absolute Gasteiger partial charge is 0.315 e. The lowest BCUT2D eigenvalue weighted by atomic mass is 10.2. The summed E-state index contributed by atoms with van der Waals surface area (Å²) in [5.41, 5.74) is 3.01. The summed E-state index contributed by atoms with van der Waals surface area (Å²) in [7, 11) is 1.64. The van der Waals surface area contributed by atoms with E-state index < -0.39 is 4.92 Å². The number of hydrogen-bond acceptors (Lipinski definition) is 6. The zero-order valence-corrected chi connectivity index (χ0v) is 11.2. The molecule has 7 heteroatoms. The first-order valence-electron chi connectivity index (χ1n) is 5.91. The highest BCUT2D eigenvalue weighted by Gasteiger charge is 2.21. The fourth-order valence-electron chi connectivity index (χ4n) is 1.51. The maximum absolute atomic E-state index is 11.1. The third-order valence-corrected chi connectivity index (χ3v) is 2.19. The van der Waals surface area contributed by atoms with Crippen molar-refractivity contribution in [3.8, 4) is 11.5 Å². The molecule has 0 fully saturated rings. The Bertz CT molecular complexity index is 474. The van der Waals surface area contributed by atoms with E-state index in [4.69, 9.17) is 9.47 Å². The van der Waals surface area contributed by atoms with Gasteiger partial charge in [-0.2, -0.15) is 5.10 Å². The van der Waals surface area contributed by atoms with E-state index >= 15 is 0 Å². The van der Waals surface area contributed by atoms with Crippen LogP contribution in [0.5, 0.6) is 11.5 Å². The molecule has 0 atom stereocenters. The van der Waals surface area contributed by atoms with E-state index in [0.717, 1.165) is 0 Å². The predicted octanol–water partition coefficient (Wildman–Crippen LogP) is 1.95. The molecule has 7 nitrogen and oxygen atoms in total. The molecule has 19 heavy (non-hydrogen) atoms. The van der Waals surface area contributed by atoms with Crippen LogP contribution in [0.15, 0.2) is 17.2 Å². The molecule has 0 aliphatic heterocycles. The van der Waals surface area contributed by atoms with Crippen LogP contribution in [0.1, 0.15) is 19.4 Å². The standard InChI is InChI=1S/C12H17N3O4/c1-4-18-11-7-9(8-14-13-3)6-10(15(16)17)12(11)19-5-2/h6-8,13H,4-5H2,1-3H3/b14-8+. The largest absolute Gasteiger partial charge is 0.490 e. The van der Waals surface area contributed by atoms with Gasteiger partial charge in [0.05, 0.1) is 24.4 Å². The minimum atomic E-state index is -0.496. The van der Waals surface area contributed by atoms with E-state index in [9.17, 15) is 10.1 Å². The Labute approximate surface area is 111 Å². The van der Waals surface area contributed by atoms with Crippen molar-refractivity contribution in [2.45, 2.75) is 13.8 Å². The van der Waals surface area contributed by atoms with E-state index in [1.54, 1.807) is 27.0 Å². The van der Waals surface area contributed by atoms with E-state index in [1.807, 2.05) is 0 Å². The summed E-state index contributed by atoms with van der Waals surface area (Å²) in [6, 6.07) is 3.05. The van der Waals surface area contributed by atoms with Gasteiger partial charge in [-0.05, 0) is 19.9 Å². The average Bonchev–Trinajstić information content (AvgIpc) is 2.38. The van der Waals surface area contributed by atoms with Crippen LogP contribution in [0.25, 0.3) is 0 Å². The van der Waals surface area contributed by atoms with Crippen molar-refractivity contribution in [2.24, 2.45) is 5.10 Å². The molecule has 104 valence electrons. The topological polar surface area (TPSA) is 86.0 Å². The fourth-order valence-corrected chi connectivity index (χ4v) is 1.51. The molecule has 1 aromatic carbocycles. The molecule has 1 rings (SSSR count). The Morgan fingerprint density at radius 1 is 1.37 bits per heavy atom. The van der Waals surface area contributed by atoms with Crippen molar-refractivity contribution >= 4 is 11.9 Å². The van der Waals surface area contributed by atoms with Crippen molar-refractivity contribution in [2.75, 3.05) is 20.3 Å². The first-order valence-corrected chi connectivity index (χ1v) is 5.91. The number of rotatable bonds is 7. The third-order valence-electron chi connectivity index (χ3n) is 2.19. The maximum atomic E-state index is 11.1. The van der Waals surface area contributed by atoms with Crippen LogP contribution in [-0.2, 0) is 0 Å². The van der Waals surface area contributed by atoms with Gasteiger partial charge in [0.25, 0.3) is 0 Å². The molecule has 1 N–H and O–H groups in total. The Morgan fingerprint density at radius 3 is 2.58 bits per heavy atom. The summed E-state index contributed by atoms with van der Waals surface area (Å²) in [5.74, 6) is 0.493. The second kappa shape index (κ2) is 7.20. The van der Waals surface area contributed by atoms with Crippen LogP contribution >= 0.6 is 0 Å². The monoisotopic (exact) mass is 267 g/mol. The van der Waals surface area contributed by atoms with Crippen LogP contribution in [0, 0.1) is 10.1 Å². The van der Waals surface area contributed by atoms with Gasteiger partial charge in [-0.1, -0.05) is 0 Å². The van der Waals surface area contributed by atoms with Crippen molar-refractivity contribution < 1.29 is 14.4 Å². The minimum absolute atomic E-state index is 0.134. The highest BCUT2D eigenvalue weighted by atomic mass is 16.6. The molecule has 0 saturated heterocycles. The first-order chi connectivity index (χ1) is 9.13. The summed E-state index contributed by atoms with van der Waals surface area (Å²) in [4.78, 5) is 10.6. The van der Waals surface area contributed by atoms with Gasteiger partial charge in [-0.15, -0.1) is 0 Å². The van der Waals surface area contributed by atoms with Gasteiger partial charge in [0, 0.05) is 18.7 Å². The molecule has 0 bridgehead atoms. The molecule has 1 aromatic rings. The van der Waals surface area contributed by atoms with E-state index in [0.29, 0.717) is 24.5 Å². The minimum Gasteiger partial charge on any atom is -0.490 e. The SMILES string of the molecule is CCOc1cc(/C=N/NC)cc([N+](=O)[O-])c1OCC. The highest BCUT2D eigenvalue weighted by molar-refractivity contribution is 5.83. The van der Waals surface area contributed by atoms with E-state index in [1.165, 1.54) is 12.3 Å². The summed E-state index contributed by atoms with van der Waals surface area (Å²) in [6.07, 6.45) is 1.48. The lowest BCUT2D eigenvalue weighted by Crippen LogP contribution is -2.04. The number of nitro groups is 1. The molecule has 0 aliphatic carbocycles. The van der Waals surface area contributed by atoms with Gasteiger partial charge in [-0.25, -0.2) is 0 Å². The number of hydrogen-bond donors (Lipinski definition) is 1. The molecule has 0 spiro atoms. The highest BCUT2D eigenvalue weighted by Crippen LogP contribution is 2.38. The molecule has 0 radical (unpaired) electrons. The quantitative estimate of drug-likeness (QED) is 0.463. The maximum Gasteiger partial charge on any atom is 0.315 e. The van der Waals surface area contributed by atoms with Gasteiger partial charge in [0.15, 0.2) is 5.75 Å². The number of hydrazone groups is 1. The number of benzene rings is 1. The molecule has 0 saturated carbocycles. The lowest BCUT2D eigenvalue weighted by molar-refractivity contribution is -0.385. The Kier molecular flexibility index (Phi) is 5.59. The summed E-state index contributed by atoms with van der Waals surface area (Å²) >= 11 is 0. The average molecular weight is 267 g/mol. The number of nitrogens with one attached hydrogen (secondary N) is 1. The molecular formula is C12H17N3O4. The number of ether oxygens (including phenoxy) is 2. The molecule has 0 aliphatic rings. The second-order valence-corrected chi connectivity index (χ2v) is 3.47.